The average molecular weight is 342 g/mol. The van der Waals surface area contributed by atoms with Gasteiger partial charge >= 0.3 is 0 Å². The molecule has 0 bridgehead atoms. The van der Waals surface area contributed by atoms with Crippen LogP contribution >= 0.6 is 11.3 Å². The van der Waals surface area contributed by atoms with Gasteiger partial charge in [-0.05, 0) is 31.9 Å². The number of nitrogens with one attached hydrogen (secondary N) is 1. The smallest absolute Gasteiger partial charge is 0.263 e. The van der Waals surface area contributed by atoms with Gasteiger partial charge in [0.1, 0.15) is 16.2 Å². The number of aryl methyl sites for hydroxylation is 1. The molecule has 1 N–H and O–H groups in total. The minimum absolute atomic E-state index is 0.0898. The second kappa shape index (κ2) is 6.77. The molecule has 2 aromatic heterocycles. The number of benzene rings is 1. The molecule has 5 heteroatoms. The van der Waals surface area contributed by atoms with Crippen LogP contribution in [0, 0.1) is 12.8 Å². The maximum atomic E-state index is 12.6. The summed E-state index contributed by atoms with van der Waals surface area (Å²) in [4.78, 5) is 17.8. The van der Waals surface area contributed by atoms with E-state index in [0.29, 0.717) is 10.8 Å². The summed E-state index contributed by atoms with van der Waals surface area (Å²) < 4.78 is 5.83. The van der Waals surface area contributed by atoms with Crippen LogP contribution in [0.4, 0.5) is 0 Å². The predicted octanol–water partition coefficient (Wildman–Crippen LogP) is 4.89. The minimum atomic E-state index is -0.194. The van der Waals surface area contributed by atoms with Crippen LogP contribution in [0.2, 0.25) is 0 Å². The van der Waals surface area contributed by atoms with E-state index < -0.39 is 0 Å². The zero-order chi connectivity index (χ0) is 17.3. The fourth-order valence-electron chi connectivity index (χ4n) is 2.65. The first kappa shape index (κ1) is 16.7. The van der Waals surface area contributed by atoms with Crippen molar-refractivity contribution in [2.75, 3.05) is 0 Å². The molecule has 126 valence electrons. The van der Waals surface area contributed by atoms with Crippen molar-refractivity contribution < 1.29 is 9.21 Å². The molecule has 0 radical (unpaired) electrons. The number of hydrogen-bond donors (Lipinski definition) is 1. The molecule has 2 heterocycles. The van der Waals surface area contributed by atoms with Crippen molar-refractivity contribution in [2.45, 2.75) is 40.2 Å². The lowest BCUT2D eigenvalue weighted by Crippen LogP contribution is -2.26. The van der Waals surface area contributed by atoms with Crippen molar-refractivity contribution in [3.8, 4) is 0 Å². The second-order valence-electron chi connectivity index (χ2n) is 6.50. The standard InChI is InChI=1S/C19H22N2O2S/c1-11(2)9-17-20-13(4)18(24-17)19(22)21-12(3)16-10-14-7-5-6-8-15(14)23-16/h5-8,10-12H,9H2,1-4H3,(H,21,22). The maximum Gasteiger partial charge on any atom is 0.263 e. The molecule has 3 rings (SSSR count). The third-order valence-electron chi connectivity index (χ3n) is 3.85. The Balaban J connectivity index is 1.75. The highest BCUT2D eigenvalue weighted by Gasteiger charge is 2.20. The molecule has 0 aliphatic heterocycles. The number of carbonyl (C=O) groups excluding carboxylic acids is 1. The topological polar surface area (TPSA) is 55.1 Å². The van der Waals surface area contributed by atoms with Crippen LogP contribution in [0.3, 0.4) is 0 Å². The number of fused-ring (bicyclic) bond motifs is 1. The summed E-state index contributed by atoms with van der Waals surface area (Å²) in [6, 6.07) is 9.63. The van der Waals surface area contributed by atoms with E-state index in [-0.39, 0.29) is 11.9 Å². The molecular formula is C19H22N2O2S. The van der Waals surface area contributed by atoms with Crippen LogP contribution in [0.25, 0.3) is 11.0 Å². The number of amides is 1. The molecular weight excluding hydrogens is 320 g/mol. The van der Waals surface area contributed by atoms with Crippen LogP contribution in [0.15, 0.2) is 34.7 Å². The Morgan fingerprint density at radius 1 is 1.29 bits per heavy atom. The Kier molecular flexibility index (Phi) is 4.71. The van der Waals surface area contributed by atoms with E-state index in [4.69, 9.17) is 4.42 Å². The van der Waals surface area contributed by atoms with E-state index in [1.54, 1.807) is 0 Å². The van der Waals surface area contributed by atoms with Crippen molar-refractivity contribution in [1.29, 1.82) is 0 Å². The molecule has 0 saturated heterocycles. The summed E-state index contributed by atoms with van der Waals surface area (Å²) in [6.07, 6.45) is 0.901. The van der Waals surface area contributed by atoms with E-state index >= 15 is 0 Å². The third kappa shape index (κ3) is 3.51. The lowest BCUT2D eigenvalue weighted by Gasteiger charge is -2.10. The normalized spacial score (nSPS) is 12.7. The van der Waals surface area contributed by atoms with Crippen LogP contribution < -0.4 is 5.32 Å². The fourth-order valence-corrected chi connectivity index (χ4v) is 3.83. The Bertz CT molecular complexity index is 830. The summed E-state index contributed by atoms with van der Waals surface area (Å²) in [5, 5.41) is 5.08. The molecule has 0 aliphatic rings. The lowest BCUT2D eigenvalue weighted by molar-refractivity contribution is 0.0939. The van der Waals surface area contributed by atoms with Crippen LogP contribution in [-0.4, -0.2) is 10.9 Å². The average Bonchev–Trinajstić information content (AvgIpc) is 3.10. The molecule has 4 nitrogen and oxygen atoms in total. The molecule has 0 fully saturated rings. The fraction of sp³-hybridized carbons (Fsp3) is 0.368. The van der Waals surface area contributed by atoms with Crippen molar-refractivity contribution in [2.24, 2.45) is 5.92 Å². The SMILES string of the molecule is Cc1nc(CC(C)C)sc1C(=O)NC(C)c1cc2ccccc2o1. The first-order valence-electron chi connectivity index (χ1n) is 8.19. The number of aromatic nitrogens is 1. The lowest BCUT2D eigenvalue weighted by atomic mass is 10.1. The number of furan rings is 1. The van der Waals surface area contributed by atoms with Gasteiger partial charge in [0, 0.05) is 11.8 Å². The number of thiazole rings is 1. The van der Waals surface area contributed by atoms with E-state index in [2.05, 4.69) is 24.1 Å². The van der Waals surface area contributed by atoms with Crippen molar-refractivity contribution >= 4 is 28.2 Å². The largest absolute Gasteiger partial charge is 0.459 e. The first-order valence-corrected chi connectivity index (χ1v) is 9.01. The van der Waals surface area contributed by atoms with E-state index in [0.717, 1.165) is 33.9 Å². The van der Waals surface area contributed by atoms with Crippen molar-refractivity contribution in [3.63, 3.8) is 0 Å². The van der Waals surface area contributed by atoms with E-state index in [9.17, 15) is 4.79 Å². The van der Waals surface area contributed by atoms with Gasteiger partial charge in [0.05, 0.1) is 16.7 Å². The van der Waals surface area contributed by atoms with Gasteiger partial charge in [-0.1, -0.05) is 32.0 Å². The van der Waals surface area contributed by atoms with Crippen LogP contribution in [0.5, 0.6) is 0 Å². The maximum absolute atomic E-state index is 12.6. The summed E-state index contributed by atoms with van der Waals surface area (Å²) in [5.74, 6) is 1.20. The highest BCUT2D eigenvalue weighted by molar-refractivity contribution is 7.13. The molecule has 1 unspecified atom stereocenters. The van der Waals surface area contributed by atoms with Gasteiger partial charge in [-0.25, -0.2) is 4.98 Å². The molecule has 1 amide bonds. The van der Waals surface area contributed by atoms with Gasteiger partial charge in [-0.3, -0.25) is 4.79 Å². The first-order chi connectivity index (χ1) is 11.4. The number of hydrogen-bond acceptors (Lipinski definition) is 4. The Hall–Kier alpha value is -2.14. The van der Waals surface area contributed by atoms with Gasteiger partial charge in [-0.2, -0.15) is 0 Å². The Labute approximate surface area is 145 Å². The van der Waals surface area contributed by atoms with Gasteiger partial charge in [0.15, 0.2) is 0 Å². The molecule has 0 aliphatic carbocycles. The molecule has 1 aromatic carbocycles. The van der Waals surface area contributed by atoms with Gasteiger partial charge in [-0.15, -0.1) is 11.3 Å². The number of nitrogens with zero attached hydrogens (tertiary/aromatic N) is 1. The summed E-state index contributed by atoms with van der Waals surface area (Å²) >= 11 is 1.48. The van der Waals surface area contributed by atoms with E-state index in [1.165, 1.54) is 11.3 Å². The van der Waals surface area contributed by atoms with Crippen LogP contribution in [0.1, 0.15) is 52.9 Å². The zero-order valence-corrected chi connectivity index (χ0v) is 15.2. The Morgan fingerprint density at radius 3 is 2.75 bits per heavy atom. The highest BCUT2D eigenvalue weighted by Crippen LogP contribution is 2.25. The monoisotopic (exact) mass is 342 g/mol. The quantitative estimate of drug-likeness (QED) is 0.718. The second-order valence-corrected chi connectivity index (χ2v) is 7.59. The summed E-state index contributed by atoms with van der Waals surface area (Å²) in [5.41, 5.74) is 1.63. The molecule has 24 heavy (non-hydrogen) atoms. The Morgan fingerprint density at radius 2 is 2.04 bits per heavy atom. The summed E-state index contributed by atoms with van der Waals surface area (Å²) in [6.45, 7) is 8.13. The van der Waals surface area contributed by atoms with Crippen LogP contribution in [-0.2, 0) is 6.42 Å². The number of rotatable bonds is 5. The molecule has 1 atom stereocenters. The molecule has 0 spiro atoms. The predicted molar refractivity (Wildman–Crippen MR) is 97.5 cm³/mol. The van der Waals surface area contributed by atoms with Gasteiger partial charge in [0.2, 0.25) is 0 Å². The van der Waals surface area contributed by atoms with Gasteiger partial charge in [0.25, 0.3) is 5.91 Å². The number of para-hydroxylation sites is 1. The van der Waals surface area contributed by atoms with Crippen molar-refractivity contribution in [3.05, 3.63) is 51.7 Å². The number of carbonyl (C=O) groups is 1. The van der Waals surface area contributed by atoms with E-state index in [1.807, 2.05) is 44.2 Å². The zero-order valence-electron chi connectivity index (χ0n) is 14.4. The van der Waals surface area contributed by atoms with Gasteiger partial charge < -0.3 is 9.73 Å². The molecule has 0 saturated carbocycles. The van der Waals surface area contributed by atoms with Crippen molar-refractivity contribution in [1.82, 2.24) is 10.3 Å². The molecule has 3 aromatic rings. The summed E-state index contributed by atoms with van der Waals surface area (Å²) in [7, 11) is 0. The third-order valence-corrected chi connectivity index (χ3v) is 5.03. The minimum Gasteiger partial charge on any atom is -0.459 e. The highest BCUT2D eigenvalue weighted by atomic mass is 32.1.